The van der Waals surface area contributed by atoms with Crippen molar-refractivity contribution in [3.05, 3.63) is 36.0 Å². The van der Waals surface area contributed by atoms with Gasteiger partial charge in [-0.3, -0.25) is 4.98 Å². The molecule has 0 bridgehead atoms. The van der Waals surface area contributed by atoms with Crippen molar-refractivity contribution in [2.45, 2.75) is 19.1 Å². The molecule has 4 nitrogen and oxygen atoms in total. The van der Waals surface area contributed by atoms with Gasteiger partial charge in [-0.15, -0.1) is 0 Å². The molecule has 1 aromatic heterocycles. The van der Waals surface area contributed by atoms with Crippen molar-refractivity contribution >= 4 is 10.9 Å². The van der Waals surface area contributed by atoms with Gasteiger partial charge in [-0.2, -0.15) is 0 Å². The molecule has 90 valence electrons. The van der Waals surface area contributed by atoms with E-state index in [1.165, 1.54) is 0 Å². The molecule has 0 aliphatic carbocycles. The van der Waals surface area contributed by atoms with E-state index >= 15 is 0 Å². The summed E-state index contributed by atoms with van der Waals surface area (Å²) in [5.41, 5.74) is 7.28. The molecule has 1 heterocycles. The first kappa shape index (κ1) is 11.8. The molecule has 0 spiro atoms. The van der Waals surface area contributed by atoms with E-state index in [4.69, 9.17) is 10.5 Å². The van der Waals surface area contributed by atoms with Crippen LogP contribution in [0.4, 0.5) is 0 Å². The Morgan fingerprint density at radius 1 is 1.35 bits per heavy atom. The van der Waals surface area contributed by atoms with Crippen LogP contribution in [0.2, 0.25) is 0 Å². The SMILES string of the molecule is COc1cnc2ccccc2c1C(O)C(C)N. The van der Waals surface area contributed by atoms with Crippen molar-refractivity contribution in [1.29, 1.82) is 0 Å². The van der Waals surface area contributed by atoms with E-state index in [2.05, 4.69) is 4.98 Å². The highest BCUT2D eigenvalue weighted by Gasteiger charge is 2.20. The van der Waals surface area contributed by atoms with Crippen LogP contribution < -0.4 is 10.5 Å². The zero-order valence-electron chi connectivity index (χ0n) is 9.92. The van der Waals surface area contributed by atoms with Gasteiger partial charge in [-0.05, 0) is 13.0 Å². The van der Waals surface area contributed by atoms with Gasteiger partial charge in [0.15, 0.2) is 0 Å². The van der Waals surface area contributed by atoms with Crippen LogP contribution in [0, 0.1) is 0 Å². The van der Waals surface area contributed by atoms with Gasteiger partial charge in [-0.25, -0.2) is 0 Å². The summed E-state index contributed by atoms with van der Waals surface area (Å²) in [6.45, 7) is 1.76. The molecule has 0 amide bonds. The zero-order chi connectivity index (χ0) is 12.4. The summed E-state index contributed by atoms with van der Waals surface area (Å²) < 4.78 is 5.25. The Bertz CT molecular complexity index is 526. The van der Waals surface area contributed by atoms with Crippen LogP contribution in [0.25, 0.3) is 10.9 Å². The lowest BCUT2D eigenvalue weighted by atomic mass is 9.99. The predicted molar refractivity (Wildman–Crippen MR) is 66.9 cm³/mol. The molecule has 0 saturated heterocycles. The lowest BCUT2D eigenvalue weighted by Gasteiger charge is -2.19. The highest BCUT2D eigenvalue weighted by molar-refractivity contribution is 5.84. The van der Waals surface area contributed by atoms with Crippen molar-refractivity contribution in [1.82, 2.24) is 4.98 Å². The van der Waals surface area contributed by atoms with Crippen LogP contribution in [0.15, 0.2) is 30.5 Å². The maximum atomic E-state index is 10.2. The topological polar surface area (TPSA) is 68.4 Å². The first-order chi connectivity index (χ1) is 8.15. The smallest absolute Gasteiger partial charge is 0.143 e. The van der Waals surface area contributed by atoms with Gasteiger partial charge in [0.1, 0.15) is 5.75 Å². The molecular formula is C13H16N2O2. The minimum Gasteiger partial charge on any atom is -0.495 e. The summed E-state index contributed by atoms with van der Waals surface area (Å²) in [5.74, 6) is 0.563. The molecular weight excluding hydrogens is 216 g/mol. The highest BCUT2D eigenvalue weighted by atomic mass is 16.5. The number of aliphatic hydroxyl groups is 1. The highest BCUT2D eigenvalue weighted by Crippen LogP contribution is 2.32. The Balaban J connectivity index is 2.71. The van der Waals surface area contributed by atoms with Gasteiger partial charge in [-0.1, -0.05) is 18.2 Å². The van der Waals surface area contributed by atoms with Crippen molar-refractivity contribution in [2.75, 3.05) is 7.11 Å². The summed E-state index contributed by atoms with van der Waals surface area (Å²) >= 11 is 0. The summed E-state index contributed by atoms with van der Waals surface area (Å²) in [6.07, 6.45) is 0.848. The normalized spacial score (nSPS) is 14.6. The fourth-order valence-electron chi connectivity index (χ4n) is 1.88. The molecule has 3 N–H and O–H groups in total. The maximum Gasteiger partial charge on any atom is 0.143 e. The minimum atomic E-state index is -0.766. The largest absolute Gasteiger partial charge is 0.495 e. The second kappa shape index (κ2) is 4.69. The van der Waals surface area contributed by atoms with Crippen LogP contribution in [0.3, 0.4) is 0 Å². The second-order valence-electron chi connectivity index (χ2n) is 4.06. The molecule has 1 aromatic carbocycles. The van der Waals surface area contributed by atoms with E-state index in [1.54, 1.807) is 20.2 Å². The number of nitrogens with zero attached hydrogens (tertiary/aromatic N) is 1. The number of nitrogens with two attached hydrogens (primary N) is 1. The molecule has 2 rings (SSSR count). The summed E-state index contributed by atoms with van der Waals surface area (Å²) in [4.78, 5) is 4.28. The summed E-state index contributed by atoms with van der Waals surface area (Å²) in [6, 6.07) is 7.25. The van der Waals surface area contributed by atoms with E-state index in [0.717, 1.165) is 10.9 Å². The summed E-state index contributed by atoms with van der Waals surface area (Å²) in [5, 5.41) is 11.0. The average molecular weight is 232 g/mol. The van der Waals surface area contributed by atoms with Gasteiger partial charge in [0.05, 0.1) is 24.9 Å². The Morgan fingerprint density at radius 2 is 2.06 bits per heavy atom. The Hall–Kier alpha value is -1.65. The number of fused-ring (bicyclic) bond motifs is 1. The molecule has 0 saturated carbocycles. The maximum absolute atomic E-state index is 10.2. The van der Waals surface area contributed by atoms with Crippen LogP contribution in [0.5, 0.6) is 5.75 Å². The lowest BCUT2D eigenvalue weighted by molar-refractivity contribution is 0.151. The third kappa shape index (κ3) is 2.09. The fourth-order valence-corrected chi connectivity index (χ4v) is 1.88. The second-order valence-corrected chi connectivity index (χ2v) is 4.06. The third-order valence-electron chi connectivity index (χ3n) is 2.79. The lowest BCUT2D eigenvalue weighted by Crippen LogP contribution is -2.25. The standard InChI is InChI=1S/C13H16N2O2/c1-8(14)13(16)12-9-5-3-4-6-10(9)15-7-11(12)17-2/h3-8,13,16H,14H2,1-2H3. The van der Waals surface area contributed by atoms with Crippen LogP contribution in [-0.4, -0.2) is 23.2 Å². The van der Waals surface area contributed by atoms with E-state index in [9.17, 15) is 5.11 Å². The number of ether oxygens (including phenoxy) is 1. The average Bonchev–Trinajstić information content (AvgIpc) is 2.36. The predicted octanol–water partition coefficient (Wildman–Crippen LogP) is 1.62. The number of benzene rings is 1. The van der Waals surface area contributed by atoms with Crippen LogP contribution in [0.1, 0.15) is 18.6 Å². The first-order valence-corrected chi connectivity index (χ1v) is 5.50. The van der Waals surface area contributed by atoms with Gasteiger partial charge < -0.3 is 15.6 Å². The van der Waals surface area contributed by atoms with Gasteiger partial charge in [0.25, 0.3) is 0 Å². The number of rotatable bonds is 3. The fraction of sp³-hybridized carbons (Fsp3) is 0.308. The molecule has 2 unspecified atom stereocenters. The quantitative estimate of drug-likeness (QED) is 0.843. The number of methoxy groups -OCH3 is 1. The summed E-state index contributed by atoms with van der Waals surface area (Å²) in [7, 11) is 1.56. The molecule has 4 heteroatoms. The molecule has 17 heavy (non-hydrogen) atoms. The number of aromatic nitrogens is 1. The van der Waals surface area contributed by atoms with E-state index < -0.39 is 6.10 Å². The van der Waals surface area contributed by atoms with Crippen LogP contribution >= 0.6 is 0 Å². The zero-order valence-corrected chi connectivity index (χ0v) is 9.92. The van der Waals surface area contributed by atoms with Gasteiger partial charge >= 0.3 is 0 Å². The van der Waals surface area contributed by atoms with Crippen molar-refractivity contribution in [3.63, 3.8) is 0 Å². The van der Waals surface area contributed by atoms with E-state index in [1.807, 2.05) is 24.3 Å². The molecule has 0 radical (unpaired) electrons. The monoisotopic (exact) mass is 232 g/mol. The number of para-hydroxylation sites is 1. The minimum absolute atomic E-state index is 0.366. The number of aliphatic hydroxyl groups excluding tert-OH is 1. The van der Waals surface area contributed by atoms with Gasteiger partial charge in [0.2, 0.25) is 0 Å². The molecule has 2 atom stereocenters. The Kier molecular flexibility index (Phi) is 3.26. The van der Waals surface area contributed by atoms with Crippen molar-refractivity contribution in [2.24, 2.45) is 5.73 Å². The number of pyridine rings is 1. The molecule has 0 aliphatic heterocycles. The number of hydrogen-bond acceptors (Lipinski definition) is 4. The third-order valence-corrected chi connectivity index (χ3v) is 2.79. The first-order valence-electron chi connectivity index (χ1n) is 5.50. The Labute approximate surface area is 100 Å². The van der Waals surface area contributed by atoms with E-state index in [0.29, 0.717) is 11.3 Å². The van der Waals surface area contributed by atoms with Gasteiger partial charge in [0, 0.05) is 17.0 Å². The molecule has 2 aromatic rings. The van der Waals surface area contributed by atoms with E-state index in [-0.39, 0.29) is 6.04 Å². The number of hydrogen-bond donors (Lipinski definition) is 2. The molecule has 0 aliphatic rings. The molecule has 0 fully saturated rings. The van der Waals surface area contributed by atoms with Crippen LogP contribution in [-0.2, 0) is 0 Å². The van der Waals surface area contributed by atoms with Crippen molar-refractivity contribution in [3.8, 4) is 5.75 Å². The van der Waals surface area contributed by atoms with Crippen molar-refractivity contribution < 1.29 is 9.84 Å². The Morgan fingerprint density at radius 3 is 2.71 bits per heavy atom.